The maximum absolute atomic E-state index is 12.5. The number of nitrogens with zero attached hydrogens (tertiary/aromatic N) is 2. The van der Waals surface area contributed by atoms with Crippen molar-refractivity contribution < 1.29 is 23.6 Å². The van der Waals surface area contributed by atoms with Crippen LogP contribution in [0.15, 0.2) is 18.2 Å². The number of carbonyl (C=O) groups is 2. The summed E-state index contributed by atoms with van der Waals surface area (Å²) >= 11 is 0. The molecule has 2 amide bonds. The molecule has 3 rings (SSSR count). The average Bonchev–Trinajstić information content (AvgIpc) is 2.87. The first-order chi connectivity index (χ1) is 13.9. The molecule has 0 spiro atoms. The normalized spacial score (nSPS) is 24.4. The molecule has 0 radical (unpaired) electrons. The van der Waals surface area contributed by atoms with E-state index < -0.39 is 18.3 Å². The fourth-order valence-electron chi connectivity index (χ4n) is 4.18. The molecule has 1 saturated heterocycles. The fourth-order valence-corrected chi connectivity index (χ4v) is 4.18. The first-order valence-electron chi connectivity index (χ1n) is 10.6. The molecular formula is C22H33BN2O5. The summed E-state index contributed by atoms with van der Waals surface area (Å²) < 4.78 is 17.6. The van der Waals surface area contributed by atoms with E-state index >= 15 is 0 Å². The van der Waals surface area contributed by atoms with E-state index in [1.54, 1.807) is 30.7 Å². The van der Waals surface area contributed by atoms with Gasteiger partial charge in [-0.2, -0.15) is 0 Å². The number of anilines is 1. The van der Waals surface area contributed by atoms with Gasteiger partial charge < -0.3 is 23.8 Å². The summed E-state index contributed by atoms with van der Waals surface area (Å²) in [6.45, 7) is 13.7. The quantitative estimate of drug-likeness (QED) is 0.708. The summed E-state index contributed by atoms with van der Waals surface area (Å²) in [5, 5.41) is 0. The Morgan fingerprint density at radius 1 is 1.23 bits per heavy atom. The molecule has 0 aliphatic carbocycles. The highest BCUT2D eigenvalue weighted by Gasteiger charge is 2.52. The topological polar surface area (TPSA) is 68.3 Å². The molecule has 0 N–H and O–H groups in total. The number of rotatable bonds is 3. The third-order valence-electron chi connectivity index (χ3n) is 6.56. The Hall–Kier alpha value is -2.06. The van der Waals surface area contributed by atoms with E-state index in [0.29, 0.717) is 13.0 Å². The first kappa shape index (κ1) is 22.6. The number of benzene rings is 1. The Morgan fingerprint density at radius 2 is 1.83 bits per heavy atom. The van der Waals surface area contributed by atoms with Gasteiger partial charge in [0.2, 0.25) is 5.91 Å². The minimum absolute atomic E-state index is 0.0237. The highest BCUT2D eigenvalue weighted by atomic mass is 16.7. The zero-order chi connectivity index (χ0) is 22.4. The summed E-state index contributed by atoms with van der Waals surface area (Å²) in [5.41, 5.74) is 1.67. The van der Waals surface area contributed by atoms with Crippen LogP contribution in [0.3, 0.4) is 0 Å². The number of ether oxygens (including phenoxy) is 1. The minimum atomic E-state index is -0.515. The van der Waals surface area contributed by atoms with Crippen molar-refractivity contribution in [1.82, 2.24) is 4.90 Å². The number of hydrogen-bond donors (Lipinski definition) is 0. The molecule has 30 heavy (non-hydrogen) atoms. The second kappa shape index (κ2) is 7.89. The van der Waals surface area contributed by atoms with E-state index in [-0.39, 0.29) is 24.1 Å². The number of fused-ring (bicyclic) bond motifs is 1. The average molecular weight is 416 g/mol. The molecule has 1 aromatic rings. The summed E-state index contributed by atoms with van der Waals surface area (Å²) in [4.78, 5) is 28.2. The zero-order valence-electron chi connectivity index (χ0n) is 19.3. The van der Waals surface area contributed by atoms with Gasteiger partial charge in [-0.3, -0.25) is 4.79 Å². The van der Waals surface area contributed by atoms with E-state index in [1.165, 1.54) is 0 Å². The zero-order valence-corrected chi connectivity index (χ0v) is 19.3. The Bertz CT molecular complexity index is 825. The van der Waals surface area contributed by atoms with Gasteiger partial charge >= 0.3 is 13.2 Å². The van der Waals surface area contributed by atoms with Crippen molar-refractivity contribution in [1.29, 1.82) is 0 Å². The van der Waals surface area contributed by atoms with Crippen molar-refractivity contribution in [2.24, 2.45) is 0 Å². The van der Waals surface area contributed by atoms with Crippen LogP contribution in [-0.2, 0) is 18.8 Å². The highest BCUT2D eigenvalue weighted by Crippen LogP contribution is 2.41. The standard InChI is InChI=1S/C22H33BN2O5/c1-9-28-20(27)24(8)19-12-14(2)25(15(3)26)18-11-10-16(13-17(18)19)23-29-21(4,5)22(6,7)30-23/h10-11,13-14,19H,9,12H2,1-8H3/t14-,19+/m1/s1. The molecule has 2 heterocycles. The molecule has 2 atom stereocenters. The molecule has 2 aliphatic heterocycles. The second-order valence-corrected chi connectivity index (χ2v) is 9.21. The predicted molar refractivity (Wildman–Crippen MR) is 117 cm³/mol. The van der Waals surface area contributed by atoms with Gasteiger partial charge in [-0.15, -0.1) is 0 Å². The lowest BCUT2D eigenvalue weighted by molar-refractivity contribution is -0.117. The molecule has 2 aliphatic rings. The summed E-state index contributed by atoms with van der Waals surface area (Å²) in [6.07, 6.45) is 0.243. The van der Waals surface area contributed by atoms with E-state index in [4.69, 9.17) is 14.0 Å². The van der Waals surface area contributed by atoms with Crippen molar-refractivity contribution in [2.75, 3.05) is 18.6 Å². The number of hydrogen-bond acceptors (Lipinski definition) is 5. The molecule has 1 fully saturated rings. The van der Waals surface area contributed by atoms with Gasteiger partial charge in [0.1, 0.15) is 0 Å². The summed E-state index contributed by atoms with van der Waals surface area (Å²) in [6, 6.07) is 5.61. The van der Waals surface area contributed by atoms with E-state index in [9.17, 15) is 9.59 Å². The second-order valence-electron chi connectivity index (χ2n) is 9.21. The van der Waals surface area contributed by atoms with E-state index in [1.807, 2.05) is 52.8 Å². The molecule has 7 nitrogen and oxygen atoms in total. The maximum atomic E-state index is 12.5. The molecule has 8 heteroatoms. The number of amides is 2. The summed E-state index contributed by atoms with van der Waals surface area (Å²) in [5.74, 6) is -0.0237. The smallest absolute Gasteiger partial charge is 0.450 e. The first-order valence-corrected chi connectivity index (χ1v) is 10.6. The lowest BCUT2D eigenvalue weighted by atomic mass is 9.76. The molecule has 0 unspecified atom stereocenters. The molecular weight excluding hydrogens is 383 g/mol. The Balaban J connectivity index is 2.04. The summed E-state index contributed by atoms with van der Waals surface area (Å²) in [7, 11) is 1.23. The van der Waals surface area contributed by atoms with Gasteiger partial charge in [0.05, 0.1) is 23.9 Å². The van der Waals surface area contributed by atoms with Crippen LogP contribution in [-0.4, -0.2) is 54.9 Å². The van der Waals surface area contributed by atoms with Crippen molar-refractivity contribution in [3.8, 4) is 0 Å². The fraction of sp³-hybridized carbons (Fsp3) is 0.636. The molecule has 0 saturated carbocycles. The Morgan fingerprint density at radius 3 is 2.37 bits per heavy atom. The van der Waals surface area contributed by atoms with Crippen LogP contribution in [0, 0.1) is 0 Å². The highest BCUT2D eigenvalue weighted by molar-refractivity contribution is 6.62. The largest absolute Gasteiger partial charge is 0.494 e. The van der Waals surface area contributed by atoms with Crippen molar-refractivity contribution >= 4 is 30.3 Å². The maximum Gasteiger partial charge on any atom is 0.494 e. The van der Waals surface area contributed by atoms with Crippen LogP contribution in [0.25, 0.3) is 0 Å². The molecule has 0 bridgehead atoms. The Kier molecular flexibility index (Phi) is 5.95. The van der Waals surface area contributed by atoms with Crippen LogP contribution in [0.5, 0.6) is 0 Å². The van der Waals surface area contributed by atoms with Gasteiger partial charge in [0.25, 0.3) is 0 Å². The molecule has 1 aromatic carbocycles. The van der Waals surface area contributed by atoms with Crippen LogP contribution in [0.2, 0.25) is 0 Å². The van der Waals surface area contributed by atoms with Gasteiger partial charge in [0, 0.05) is 25.7 Å². The van der Waals surface area contributed by atoms with E-state index in [2.05, 4.69) is 0 Å². The SMILES string of the molecule is CCOC(=O)N(C)[C@H]1C[C@@H](C)N(C(C)=O)c2ccc(B3OC(C)(C)C(C)(C)O3)cc21. The van der Waals surface area contributed by atoms with Crippen molar-refractivity contribution in [3.63, 3.8) is 0 Å². The van der Waals surface area contributed by atoms with E-state index in [0.717, 1.165) is 16.7 Å². The van der Waals surface area contributed by atoms with Crippen LogP contribution in [0.4, 0.5) is 10.5 Å². The van der Waals surface area contributed by atoms with Crippen molar-refractivity contribution in [2.45, 2.75) is 78.2 Å². The molecule has 0 aromatic heterocycles. The monoisotopic (exact) mass is 416 g/mol. The van der Waals surface area contributed by atoms with Gasteiger partial charge in [-0.1, -0.05) is 12.1 Å². The molecule has 164 valence electrons. The minimum Gasteiger partial charge on any atom is -0.450 e. The lowest BCUT2D eigenvalue weighted by Gasteiger charge is -2.42. The third kappa shape index (κ3) is 3.83. The van der Waals surface area contributed by atoms with Crippen LogP contribution < -0.4 is 10.4 Å². The van der Waals surface area contributed by atoms with Crippen molar-refractivity contribution in [3.05, 3.63) is 23.8 Å². The van der Waals surface area contributed by atoms with Crippen LogP contribution in [0.1, 0.15) is 66.5 Å². The Labute approximate surface area is 179 Å². The van der Waals surface area contributed by atoms with Gasteiger partial charge in [0.15, 0.2) is 0 Å². The predicted octanol–water partition coefficient (Wildman–Crippen LogP) is 3.26. The van der Waals surface area contributed by atoms with Crippen LogP contribution >= 0.6 is 0 Å². The third-order valence-corrected chi connectivity index (χ3v) is 6.56. The number of carbonyl (C=O) groups excluding carboxylic acids is 2. The lowest BCUT2D eigenvalue weighted by Crippen LogP contribution is -2.47. The van der Waals surface area contributed by atoms with Gasteiger partial charge in [-0.05, 0) is 65.1 Å². The van der Waals surface area contributed by atoms with Gasteiger partial charge in [-0.25, -0.2) is 4.79 Å².